The Bertz CT molecular complexity index is 453. The summed E-state index contributed by atoms with van der Waals surface area (Å²) in [5.74, 6) is -8.51. The lowest BCUT2D eigenvalue weighted by molar-refractivity contribution is -0.270. The van der Waals surface area contributed by atoms with Gasteiger partial charge in [-0.2, -0.15) is 22.0 Å². The van der Waals surface area contributed by atoms with E-state index in [4.69, 9.17) is 0 Å². The van der Waals surface area contributed by atoms with Crippen LogP contribution >= 0.6 is 0 Å². The molecule has 19 heavy (non-hydrogen) atoms. The molecule has 0 aliphatic heterocycles. The Labute approximate surface area is 104 Å². The Hall–Kier alpha value is -1.73. The smallest absolute Gasteiger partial charge is 0.344 e. The van der Waals surface area contributed by atoms with E-state index in [2.05, 4.69) is 0 Å². The van der Waals surface area contributed by atoms with E-state index in [-0.39, 0.29) is 5.56 Å². The maximum atomic E-state index is 12.7. The molecule has 0 heterocycles. The van der Waals surface area contributed by atoms with Crippen molar-refractivity contribution in [2.45, 2.75) is 25.1 Å². The lowest BCUT2D eigenvalue weighted by Crippen LogP contribution is -2.50. The molecule has 0 aliphatic carbocycles. The minimum absolute atomic E-state index is 0.202. The van der Waals surface area contributed by atoms with Gasteiger partial charge in [0.2, 0.25) is 0 Å². The Kier molecular flexibility index (Phi) is 4.12. The number of nitrogens with one attached hydrogen (secondary N) is 1. The van der Waals surface area contributed by atoms with Gasteiger partial charge in [0.15, 0.2) is 0 Å². The van der Waals surface area contributed by atoms with Gasteiger partial charge in [-0.05, 0) is 24.6 Å². The first kappa shape index (κ1) is 15.3. The summed E-state index contributed by atoms with van der Waals surface area (Å²) in [6, 6.07) is 3.24. The van der Waals surface area contributed by atoms with Crippen molar-refractivity contribution in [3.05, 3.63) is 35.6 Å². The second-order valence-electron chi connectivity index (χ2n) is 3.82. The van der Waals surface area contributed by atoms with Crippen LogP contribution in [0.15, 0.2) is 24.3 Å². The van der Waals surface area contributed by atoms with Gasteiger partial charge in [0, 0.05) is 0 Å². The van der Waals surface area contributed by atoms with Crippen molar-refractivity contribution in [3.8, 4) is 0 Å². The van der Waals surface area contributed by atoms with Crippen LogP contribution < -0.4 is 5.32 Å². The average molecular weight is 285 g/mol. The predicted octanol–water partition coefficient (Wildman–Crippen LogP) is 3.20. The highest BCUT2D eigenvalue weighted by atomic mass is 19.4. The van der Waals surface area contributed by atoms with Gasteiger partial charge in [0.25, 0.3) is 0 Å². The first-order valence-corrected chi connectivity index (χ1v) is 5.06. The van der Waals surface area contributed by atoms with Crippen LogP contribution in [-0.4, -0.2) is 18.0 Å². The summed E-state index contributed by atoms with van der Waals surface area (Å²) in [5.41, 5.74) is 0.202. The molecule has 0 aliphatic rings. The molecule has 1 rings (SSSR count). The van der Waals surface area contributed by atoms with Crippen molar-refractivity contribution in [1.82, 2.24) is 5.32 Å². The number of amides is 1. The Morgan fingerprint density at radius 2 is 1.58 bits per heavy atom. The van der Waals surface area contributed by atoms with E-state index < -0.39 is 29.9 Å². The first-order chi connectivity index (χ1) is 8.55. The van der Waals surface area contributed by atoms with E-state index in [0.717, 1.165) is 12.1 Å². The van der Waals surface area contributed by atoms with Gasteiger partial charge in [0.1, 0.15) is 5.82 Å². The third kappa shape index (κ3) is 3.39. The van der Waals surface area contributed by atoms with Crippen molar-refractivity contribution in [2.75, 3.05) is 0 Å². The third-order valence-electron chi connectivity index (χ3n) is 2.36. The fraction of sp³-hybridized carbons (Fsp3) is 0.364. The molecule has 0 saturated carbocycles. The summed E-state index contributed by atoms with van der Waals surface area (Å²) < 4.78 is 73.7. The maximum absolute atomic E-state index is 12.7. The molecule has 8 heteroatoms. The van der Waals surface area contributed by atoms with Gasteiger partial charge >= 0.3 is 18.0 Å². The standard InChI is InChI=1S/C11H9F6NO/c1-6(7-2-4-8(12)5-3-7)18-9(19)10(13,14)11(15,16)17/h2-6H,1H3,(H,18,19). The van der Waals surface area contributed by atoms with Crippen LogP contribution in [0.3, 0.4) is 0 Å². The Morgan fingerprint density at radius 1 is 1.11 bits per heavy atom. The minimum atomic E-state index is -5.96. The highest BCUT2D eigenvalue weighted by Gasteiger charge is 2.63. The van der Waals surface area contributed by atoms with Crippen molar-refractivity contribution in [1.29, 1.82) is 0 Å². The highest BCUT2D eigenvalue weighted by Crippen LogP contribution is 2.35. The molecule has 1 atom stereocenters. The summed E-state index contributed by atoms with van der Waals surface area (Å²) in [4.78, 5) is 10.9. The van der Waals surface area contributed by atoms with Gasteiger partial charge in [-0.25, -0.2) is 4.39 Å². The summed E-state index contributed by atoms with van der Waals surface area (Å²) in [6.07, 6.45) is -5.96. The fourth-order valence-electron chi connectivity index (χ4n) is 1.25. The zero-order chi connectivity index (χ0) is 14.8. The van der Waals surface area contributed by atoms with Crippen LogP contribution in [0.2, 0.25) is 0 Å². The lowest BCUT2D eigenvalue weighted by atomic mass is 10.1. The number of rotatable bonds is 3. The molecule has 0 aromatic heterocycles. The van der Waals surface area contributed by atoms with Crippen LogP contribution in [0.5, 0.6) is 0 Å². The summed E-state index contributed by atoms with van der Waals surface area (Å²) >= 11 is 0. The van der Waals surface area contributed by atoms with Crippen molar-refractivity contribution < 1.29 is 31.1 Å². The Morgan fingerprint density at radius 3 is 2.00 bits per heavy atom. The van der Waals surface area contributed by atoms with Gasteiger partial charge < -0.3 is 5.32 Å². The molecule has 0 saturated heterocycles. The van der Waals surface area contributed by atoms with E-state index in [1.807, 2.05) is 0 Å². The Balaban J connectivity index is 2.80. The summed E-state index contributed by atoms with van der Waals surface area (Å²) in [7, 11) is 0. The summed E-state index contributed by atoms with van der Waals surface area (Å²) in [6.45, 7) is 1.21. The quantitative estimate of drug-likeness (QED) is 0.849. The van der Waals surface area contributed by atoms with E-state index in [1.54, 1.807) is 0 Å². The van der Waals surface area contributed by atoms with E-state index >= 15 is 0 Å². The van der Waals surface area contributed by atoms with E-state index in [9.17, 15) is 31.1 Å². The minimum Gasteiger partial charge on any atom is -0.344 e. The molecule has 106 valence electrons. The second-order valence-corrected chi connectivity index (χ2v) is 3.82. The molecule has 0 bridgehead atoms. The largest absolute Gasteiger partial charge is 0.463 e. The van der Waals surface area contributed by atoms with Gasteiger partial charge in [-0.3, -0.25) is 4.79 Å². The molecular weight excluding hydrogens is 276 g/mol. The molecule has 1 N–H and O–H groups in total. The lowest BCUT2D eigenvalue weighted by Gasteiger charge is -2.21. The first-order valence-electron chi connectivity index (χ1n) is 5.06. The number of alkyl halides is 5. The van der Waals surface area contributed by atoms with Crippen LogP contribution in [0.1, 0.15) is 18.5 Å². The fourth-order valence-corrected chi connectivity index (χ4v) is 1.25. The molecule has 0 radical (unpaired) electrons. The normalized spacial score (nSPS) is 14.1. The molecule has 1 unspecified atom stereocenters. The molecular formula is C11H9F6NO. The SMILES string of the molecule is CC(NC(=O)C(F)(F)C(F)(F)F)c1ccc(F)cc1. The predicted molar refractivity (Wildman–Crippen MR) is 54.0 cm³/mol. The number of carbonyl (C=O) groups is 1. The highest BCUT2D eigenvalue weighted by molar-refractivity contribution is 5.84. The van der Waals surface area contributed by atoms with Crippen molar-refractivity contribution >= 4 is 5.91 Å². The van der Waals surface area contributed by atoms with Crippen molar-refractivity contribution in [3.63, 3.8) is 0 Å². The van der Waals surface area contributed by atoms with Gasteiger partial charge in [0.05, 0.1) is 6.04 Å². The van der Waals surface area contributed by atoms with Crippen LogP contribution in [0.4, 0.5) is 26.3 Å². The maximum Gasteiger partial charge on any atom is 0.463 e. The van der Waals surface area contributed by atoms with E-state index in [1.165, 1.54) is 24.4 Å². The van der Waals surface area contributed by atoms with E-state index in [0.29, 0.717) is 0 Å². The monoisotopic (exact) mass is 285 g/mol. The zero-order valence-corrected chi connectivity index (χ0v) is 9.56. The summed E-state index contributed by atoms with van der Waals surface area (Å²) in [5, 5.41) is 1.53. The number of carbonyl (C=O) groups excluding carboxylic acids is 1. The second kappa shape index (κ2) is 5.10. The van der Waals surface area contributed by atoms with Gasteiger partial charge in [-0.15, -0.1) is 0 Å². The number of hydrogen-bond acceptors (Lipinski definition) is 1. The molecule has 1 amide bonds. The van der Waals surface area contributed by atoms with Crippen LogP contribution in [0.25, 0.3) is 0 Å². The average Bonchev–Trinajstić information content (AvgIpc) is 2.28. The van der Waals surface area contributed by atoms with Crippen molar-refractivity contribution in [2.24, 2.45) is 0 Å². The topological polar surface area (TPSA) is 29.1 Å². The number of benzene rings is 1. The third-order valence-corrected chi connectivity index (χ3v) is 2.36. The van der Waals surface area contributed by atoms with Gasteiger partial charge in [-0.1, -0.05) is 12.1 Å². The number of hydrogen-bond donors (Lipinski definition) is 1. The molecule has 1 aromatic rings. The molecule has 0 spiro atoms. The zero-order valence-electron chi connectivity index (χ0n) is 9.56. The number of halogens is 6. The molecule has 1 aromatic carbocycles. The van der Waals surface area contributed by atoms with Crippen LogP contribution in [-0.2, 0) is 4.79 Å². The molecule has 2 nitrogen and oxygen atoms in total. The molecule has 0 fully saturated rings. The van der Waals surface area contributed by atoms with Crippen LogP contribution in [0, 0.1) is 5.82 Å².